The van der Waals surface area contributed by atoms with Crippen LogP contribution in [0.1, 0.15) is 18.5 Å². The lowest BCUT2D eigenvalue weighted by Gasteiger charge is -2.33. The van der Waals surface area contributed by atoms with Crippen molar-refractivity contribution in [1.82, 2.24) is 10.2 Å². The second-order valence-electron chi connectivity index (χ2n) is 4.22. The van der Waals surface area contributed by atoms with E-state index in [4.69, 9.17) is 0 Å². The van der Waals surface area contributed by atoms with E-state index in [0.717, 1.165) is 26.2 Å². The second-order valence-corrected chi connectivity index (χ2v) is 5.07. The van der Waals surface area contributed by atoms with Crippen molar-refractivity contribution in [3.8, 4) is 0 Å². The molecule has 0 amide bonds. The first-order chi connectivity index (χ1) is 8.11. The summed E-state index contributed by atoms with van der Waals surface area (Å²) in [5, 5.41) is 3.22. The second kappa shape index (κ2) is 6.80. The summed E-state index contributed by atoms with van der Waals surface area (Å²) in [7, 11) is 0. The van der Waals surface area contributed by atoms with Crippen LogP contribution in [-0.4, -0.2) is 31.1 Å². The number of halogens is 4. The predicted molar refractivity (Wildman–Crippen MR) is 74.2 cm³/mol. The Morgan fingerprint density at radius 2 is 1.89 bits per heavy atom. The monoisotopic (exact) mass is 340 g/mol. The first kappa shape index (κ1) is 15.8. The maximum Gasteiger partial charge on any atom is 0.145 e. The summed E-state index contributed by atoms with van der Waals surface area (Å²) in [6.07, 6.45) is 0. The molecule has 102 valence electrons. The third kappa shape index (κ3) is 3.20. The van der Waals surface area contributed by atoms with Gasteiger partial charge in [0.25, 0.3) is 0 Å². The molecule has 0 aliphatic carbocycles. The topological polar surface area (TPSA) is 15.3 Å². The molecule has 0 bridgehead atoms. The van der Waals surface area contributed by atoms with Gasteiger partial charge in [0, 0.05) is 37.8 Å². The molecule has 1 aliphatic heterocycles. The summed E-state index contributed by atoms with van der Waals surface area (Å²) in [5.41, 5.74) is 0.154. The zero-order valence-corrected chi connectivity index (χ0v) is 12.5. The van der Waals surface area contributed by atoms with Crippen molar-refractivity contribution in [3.63, 3.8) is 0 Å². The van der Waals surface area contributed by atoms with E-state index in [1.165, 1.54) is 12.1 Å². The van der Waals surface area contributed by atoms with E-state index in [1.54, 1.807) is 0 Å². The Morgan fingerprint density at radius 1 is 1.28 bits per heavy atom. The molecule has 1 aliphatic rings. The first-order valence-corrected chi connectivity index (χ1v) is 6.48. The maximum absolute atomic E-state index is 13.9. The average molecular weight is 342 g/mol. The van der Waals surface area contributed by atoms with Crippen molar-refractivity contribution < 1.29 is 8.78 Å². The van der Waals surface area contributed by atoms with Crippen LogP contribution in [0.5, 0.6) is 0 Å². The number of benzene rings is 1. The van der Waals surface area contributed by atoms with Gasteiger partial charge in [-0.15, -0.1) is 12.4 Å². The van der Waals surface area contributed by atoms with Crippen LogP contribution in [0.4, 0.5) is 8.78 Å². The van der Waals surface area contributed by atoms with Crippen molar-refractivity contribution in [1.29, 1.82) is 0 Å². The summed E-state index contributed by atoms with van der Waals surface area (Å²) >= 11 is 3.10. The van der Waals surface area contributed by atoms with Crippen LogP contribution in [-0.2, 0) is 0 Å². The van der Waals surface area contributed by atoms with E-state index >= 15 is 0 Å². The third-order valence-electron chi connectivity index (χ3n) is 3.20. The highest BCUT2D eigenvalue weighted by Crippen LogP contribution is 2.29. The van der Waals surface area contributed by atoms with Crippen LogP contribution in [0.2, 0.25) is 0 Å². The fourth-order valence-electron chi connectivity index (χ4n) is 2.18. The predicted octanol–water partition coefficient (Wildman–Crippen LogP) is 3.12. The number of piperazine rings is 1. The maximum atomic E-state index is 13.9. The Labute approximate surface area is 120 Å². The SMILES string of the molecule is C[C@@H](c1c(F)ccc(Br)c1F)N1CCNCC1.Cl. The normalized spacial score (nSPS) is 18.2. The molecule has 1 aromatic rings. The van der Waals surface area contributed by atoms with Gasteiger partial charge in [-0.25, -0.2) is 8.78 Å². The van der Waals surface area contributed by atoms with Crippen molar-refractivity contribution in [3.05, 3.63) is 33.8 Å². The largest absolute Gasteiger partial charge is 0.314 e. The molecule has 1 fully saturated rings. The average Bonchev–Trinajstić information content (AvgIpc) is 2.35. The lowest BCUT2D eigenvalue weighted by molar-refractivity contribution is 0.179. The molecule has 1 atom stereocenters. The first-order valence-electron chi connectivity index (χ1n) is 5.69. The Kier molecular flexibility index (Phi) is 5.98. The van der Waals surface area contributed by atoms with E-state index < -0.39 is 11.6 Å². The van der Waals surface area contributed by atoms with Gasteiger partial charge in [0.05, 0.1) is 4.47 Å². The highest BCUT2D eigenvalue weighted by atomic mass is 79.9. The minimum absolute atomic E-state index is 0. The van der Waals surface area contributed by atoms with E-state index in [2.05, 4.69) is 26.1 Å². The molecular formula is C12H16BrClF2N2. The van der Waals surface area contributed by atoms with Crippen molar-refractivity contribution in [2.24, 2.45) is 0 Å². The van der Waals surface area contributed by atoms with E-state index in [1.807, 2.05) is 6.92 Å². The van der Waals surface area contributed by atoms with E-state index in [-0.39, 0.29) is 24.0 Å². The summed E-state index contributed by atoms with van der Waals surface area (Å²) in [6, 6.07) is 2.47. The van der Waals surface area contributed by atoms with Gasteiger partial charge >= 0.3 is 0 Å². The molecule has 0 spiro atoms. The van der Waals surface area contributed by atoms with Gasteiger partial charge in [0.1, 0.15) is 11.6 Å². The molecule has 1 saturated heterocycles. The fourth-order valence-corrected chi connectivity index (χ4v) is 2.52. The van der Waals surface area contributed by atoms with Crippen molar-refractivity contribution in [2.75, 3.05) is 26.2 Å². The molecule has 2 nitrogen and oxygen atoms in total. The van der Waals surface area contributed by atoms with Gasteiger partial charge in [-0.2, -0.15) is 0 Å². The lowest BCUT2D eigenvalue weighted by atomic mass is 10.0. The van der Waals surface area contributed by atoms with Crippen LogP contribution in [0.3, 0.4) is 0 Å². The zero-order valence-electron chi connectivity index (χ0n) is 10.0. The molecule has 1 aromatic carbocycles. The number of hydrogen-bond acceptors (Lipinski definition) is 2. The Bertz CT molecular complexity index is 411. The smallest absolute Gasteiger partial charge is 0.145 e. The minimum atomic E-state index is -0.490. The Hall–Kier alpha value is -0.230. The number of rotatable bonds is 2. The summed E-state index contributed by atoms with van der Waals surface area (Å²) in [5.74, 6) is -0.965. The standard InChI is InChI=1S/C12H15BrF2N2.ClH/c1-8(17-6-4-16-5-7-17)11-10(14)3-2-9(13)12(11)15;/h2-3,8,16H,4-7H2,1H3;1H/t8-;/m0./s1. The summed E-state index contributed by atoms with van der Waals surface area (Å²) in [4.78, 5) is 2.09. The molecule has 1 N–H and O–H groups in total. The fraction of sp³-hybridized carbons (Fsp3) is 0.500. The third-order valence-corrected chi connectivity index (χ3v) is 3.81. The van der Waals surface area contributed by atoms with Crippen LogP contribution >= 0.6 is 28.3 Å². The molecule has 0 radical (unpaired) electrons. The quantitative estimate of drug-likeness (QED) is 0.832. The Morgan fingerprint density at radius 3 is 2.50 bits per heavy atom. The molecule has 0 saturated carbocycles. The van der Waals surface area contributed by atoms with Gasteiger partial charge in [0.2, 0.25) is 0 Å². The number of nitrogens with one attached hydrogen (secondary N) is 1. The molecule has 2 rings (SSSR count). The molecule has 0 unspecified atom stereocenters. The van der Waals surface area contributed by atoms with Gasteiger partial charge in [0.15, 0.2) is 0 Å². The summed E-state index contributed by atoms with van der Waals surface area (Å²) in [6.45, 7) is 5.20. The van der Waals surface area contributed by atoms with Gasteiger partial charge in [-0.1, -0.05) is 0 Å². The van der Waals surface area contributed by atoms with Crippen LogP contribution in [0.25, 0.3) is 0 Å². The minimum Gasteiger partial charge on any atom is -0.314 e. The van der Waals surface area contributed by atoms with Crippen molar-refractivity contribution >= 4 is 28.3 Å². The molecule has 0 aromatic heterocycles. The molecule has 6 heteroatoms. The van der Waals surface area contributed by atoms with Gasteiger partial charge in [-0.05, 0) is 35.0 Å². The van der Waals surface area contributed by atoms with Crippen LogP contribution < -0.4 is 5.32 Å². The van der Waals surface area contributed by atoms with Crippen LogP contribution in [0, 0.1) is 11.6 Å². The lowest BCUT2D eigenvalue weighted by Crippen LogP contribution is -2.44. The number of hydrogen-bond donors (Lipinski definition) is 1. The van der Waals surface area contributed by atoms with Crippen molar-refractivity contribution in [2.45, 2.75) is 13.0 Å². The zero-order chi connectivity index (χ0) is 12.4. The number of nitrogens with zero attached hydrogens (tertiary/aromatic N) is 1. The molecule has 18 heavy (non-hydrogen) atoms. The van der Waals surface area contributed by atoms with Crippen LogP contribution in [0.15, 0.2) is 16.6 Å². The van der Waals surface area contributed by atoms with Gasteiger partial charge in [-0.3, -0.25) is 4.90 Å². The summed E-state index contributed by atoms with van der Waals surface area (Å²) < 4.78 is 28.0. The van der Waals surface area contributed by atoms with E-state index in [9.17, 15) is 8.78 Å². The van der Waals surface area contributed by atoms with E-state index in [0.29, 0.717) is 4.47 Å². The molecule has 1 heterocycles. The van der Waals surface area contributed by atoms with Gasteiger partial charge < -0.3 is 5.32 Å². The highest BCUT2D eigenvalue weighted by molar-refractivity contribution is 9.10. The highest BCUT2D eigenvalue weighted by Gasteiger charge is 2.24. The molecular weight excluding hydrogens is 325 g/mol. The Balaban J connectivity index is 0.00000162.